The summed E-state index contributed by atoms with van der Waals surface area (Å²) in [7, 11) is 0. The predicted octanol–water partition coefficient (Wildman–Crippen LogP) is 5.26. The normalized spacial score (nSPS) is 10.8. The van der Waals surface area contributed by atoms with E-state index in [0.717, 1.165) is 4.47 Å². The van der Waals surface area contributed by atoms with Crippen molar-refractivity contribution >= 4 is 56.3 Å². The number of nitrogens with two attached hydrogens (primary N) is 1. The van der Waals surface area contributed by atoms with E-state index in [0.29, 0.717) is 33.1 Å². The first-order valence-corrected chi connectivity index (χ1v) is 7.77. The molecule has 0 spiro atoms. The van der Waals surface area contributed by atoms with Crippen LogP contribution < -0.4 is 15.8 Å². The van der Waals surface area contributed by atoms with Gasteiger partial charge in [0, 0.05) is 4.47 Å². The highest BCUT2D eigenvalue weighted by Crippen LogP contribution is 2.37. The molecule has 0 amide bonds. The Morgan fingerprint density at radius 2 is 1.90 bits per heavy atom. The van der Waals surface area contributed by atoms with Crippen LogP contribution in [0, 0.1) is 0 Å². The molecule has 2 aromatic rings. The molecule has 0 radical (unpaired) electrons. The third-order valence-corrected chi connectivity index (χ3v) is 4.31. The predicted molar refractivity (Wildman–Crippen MR) is 91.9 cm³/mol. The molecule has 0 bridgehead atoms. The van der Waals surface area contributed by atoms with Crippen LogP contribution in [0.5, 0.6) is 5.88 Å². The first kappa shape index (κ1) is 16.2. The highest BCUT2D eigenvalue weighted by atomic mass is 79.9. The molecule has 4 nitrogen and oxygen atoms in total. The van der Waals surface area contributed by atoms with Gasteiger partial charge in [0.15, 0.2) is 0 Å². The summed E-state index contributed by atoms with van der Waals surface area (Å²) < 4.78 is 6.28. The Hall–Kier alpha value is -1.17. The fourth-order valence-electron chi connectivity index (χ4n) is 1.60. The zero-order valence-electron chi connectivity index (χ0n) is 11.5. The van der Waals surface area contributed by atoms with Crippen molar-refractivity contribution in [3.8, 4) is 5.88 Å². The second kappa shape index (κ2) is 6.73. The summed E-state index contributed by atoms with van der Waals surface area (Å²) in [6, 6.07) is 7.08. The molecule has 1 heterocycles. The molecule has 112 valence electrons. The maximum atomic E-state index is 6.20. The zero-order chi connectivity index (χ0) is 15.6. The minimum atomic E-state index is -0.0132. The number of rotatable bonds is 4. The van der Waals surface area contributed by atoms with Crippen LogP contribution in [-0.2, 0) is 0 Å². The van der Waals surface area contributed by atoms with Crippen molar-refractivity contribution in [3.63, 3.8) is 0 Å². The summed E-state index contributed by atoms with van der Waals surface area (Å²) in [4.78, 5) is 4.33. The summed E-state index contributed by atoms with van der Waals surface area (Å²) >= 11 is 15.6. The van der Waals surface area contributed by atoms with Crippen LogP contribution in [0.4, 0.5) is 17.2 Å². The van der Waals surface area contributed by atoms with Crippen molar-refractivity contribution in [1.82, 2.24) is 4.98 Å². The second-order valence-corrected chi connectivity index (χ2v) is 6.22. The van der Waals surface area contributed by atoms with Crippen LogP contribution in [0.2, 0.25) is 10.0 Å². The number of ether oxygens (including phenoxy) is 1. The van der Waals surface area contributed by atoms with Gasteiger partial charge >= 0.3 is 0 Å². The molecule has 7 heteroatoms. The summed E-state index contributed by atoms with van der Waals surface area (Å²) in [6.45, 7) is 3.82. The Morgan fingerprint density at radius 3 is 2.57 bits per heavy atom. The summed E-state index contributed by atoms with van der Waals surface area (Å²) in [5.41, 5.74) is 6.97. The molecule has 0 saturated heterocycles. The van der Waals surface area contributed by atoms with Crippen molar-refractivity contribution in [2.24, 2.45) is 0 Å². The molecule has 21 heavy (non-hydrogen) atoms. The molecule has 0 aliphatic heterocycles. The lowest BCUT2D eigenvalue weighted by Crippen LogP contribution is -2.09. The summed E-state index contributed by atoms with van der Waals surface area (Å²) in [5.74, 6) is 0.953. The van der Waals surface area contributed by atoms with E-state index in [1.54, 1.807) is 24.3 Å². The molecule has 0 aliphatic carbocycles. The minimum absolute atomic E-state index is 0.0132. The van der Waals surface area contributed by atoms with Gasteiger partial charge < -0.3 is 15.8 Å². The van der Waals surface area contributed by atoms with Crippen LogP contribution in [0.3, 0.4) is 0 Å². The van der Waals surface area contributed by atoms with Crippen molar-refractivity contribution in [1.29, 1.82) is 0 Å². The number of anilines is 3. The lowest BCUT2D eigenvalue weighted by Gasteiger charge is -2.14. The molecule has 1 aromatic heterocycles. The molecule has 3 N–H and O–H groups in total. The Balaban J connectivity index is 2.30. The number of benzene rings is 1. The van der Waals surface area contributed by atoms with Gasteiger partial charge in [-0.2, -0.15) is 4.98 Å². The van der Waals surface area contributed by atoms with E-state index in [9.17, 15) is 0 Å². The van der Waals surface area contributed by atoms with Gasteiger partial charge in [0.25, 0.3) is 0 Å². The van der Waals surface area contributed by atoms with E-state index < -0.39 is 0 Å². The third kappa shape index (κ3) is 3.93. The van der Waals surface area contributed by atoms with Gasteiger partial charge in [0.1, 0.15) is 5.82 Å². The fraction of sp³-hybridized carbons (Fsp3) is 0.214. The van der Waals surface area contributed by atoms with Gasteiger partial charge in [0.2, 0.25) is 5.88 Å². The Morgan fingerprint density at radius 1 is 1.19 bits per heavy atom. The van der Waals surface area contributed by atoms with Crippen LogP contribution in [0.25, 0.3) is 0 Å². The van der Waals surface area contributed by atoms with Crippen LogP contribution in [0.15, 0.2) is 28.7 Å². The monoisotopic (exact) mass is 389 g/mol. The van der Waals surface area contributed by atoms with Crippen LogP contribution in [0.1, 0.15) is 13.8 Å². The maximum absolute atomic E-state index is 6.20. The van der Waals surface area contributed by atoms with E-state index in [1.165, 1.54) is 0 Å². The maximum Gasteiger partial charge on any atom is 0.239 e. The first-order chi connectivity index (χ1) is 9.88. The summed E-state index contributed by atoms with van der Waals surface area (Å²) in [5, 5.41) is 3.95. The number of nitrogen functional groups attached to an aromatic ring is 1. The van der Waals surface area contributed by atoms with Crippen molar-refractivity contribution in [2.75, 3.05) is 11.1 Å². The fourth-order valence-corrected chi connectivity index (χ4v) is 2.42. The molecule has 0 aliphatic rings. The SMILES string of the molecule is CC(C)Oc1nc(Nc2ccc(Br)c(Cl)c2Cl)ccc1N. The van der Waals surface area contributed by atoms with Gasteiger partial charge in [0.05, 0.1) is 27.5 Å². The summed E-state index contributed by atoms with van der Waals surface area (Å²) in [6.07, 6.45) is -0.0132. The minimum Gasteiger partial charge on any atom is -0.473 e. The molecule has 0 saturated carbocycles. The van der Waals surface area contributed by atoms with Gasteiger partial charge in [-0.25, -0.2) is 0 Å². The van der Waals surface area contributed by atoms with E-state index in [1.807, 2.05) is 13.8 Å². The largest absolute Gasteiger partial charge is 0.473 e. The van der Waals surface area contributed by atoms with Gasteiger partial charge in [-0.3, -0.25) is 0 Å². The van der Waals surface area contributed by atoms with E-state index in [4.69, 9.17) is 33.7 Å². The first-order valence-electron chi connectivity index (χ1n) is 6.22. The Kier molecular flexibility index (Phi) is 5.19. The number of halogens is 3. The molecule has 2 rings (SSSR count). The lowest BCUT2D eigenvalue weighted by atomic mass is 10.3. The molecule has 0 atom stereocenters. The number of hydrogen-bond donors (Lipinski definition) is 2. The van der Waals surface area contributed by atoms with Crippen molar-refractivity contribution < 1.29 is 4.74 Å². The van der Waals surface area contributed by atoms with Crippen molar-refractivity contribution in [3.05, 3.63) is 38.8 Å². The quantitative estimate of drug-likeness (QED) is 0.698. The molecule has 1 aromatic carbocycles. The van der Waals surface area contributed by atoms with Crippen LogP contribution >= 0.6 is 39.1 Å². The Labute approximate surface area is 141 Å². The van der Waals surface area contributed by atoms with E-state index >= 15 is 0 Å². The number of nitrogens with one attached hydrogen (secondary N) is 1. The standard InChI is InChI=1S/C14H14BrCl2N3O/c1-7(2)21-14-9(18)4-6-11(20-14)19-10-5-3-8(15)12(16)13(10)17/h3-7H,18H2,1-2H3,(H,19,20). The van der Waals surface area contributed by atoms with Gasteiger partial charge in [-0.1, -0.05) is 23.2 Å². The number of hydrogen-bond acceptors (Lipinski definition) is 4. The van der Waals surface area contributed by atoms with Gasteiger partial charge in [-0.15, -0.1) is 0 Å². The van der Waals surface area contributed by atoms with E-state index in [-0.39, 0.29) is 6.10 Å². The molecule has 0 fully saturated rings. The number of pyridine rings is 1. The van der Waals surface area contributed by atoms with Crippen molar-refractivity contribution in [2.45, 2.75) is 20.0 Å². The van der Waals surface area contributed by atoms with Gasteiger partial charge in [-0.05, 0) is 54.0 Å². The molecule has 0 unspecified atom stereocenters. The smallest absolute Gasteiger partial charge is 0.239 e. The molecular weight excluding hydrogens is 377 g/mol. The van der Waals surface area contributed by atoms with E-state index in [2.05, 4.69) is 26.2 Å². The number of nitrogens with zero attached hydrogens (tertiary/aromatic N) is 1. The molecular formula is C14H14BrCl2N3O. The highest BCUT2D eigenvalue weighted by Gasteiger charge is 2.11. The average Bonchev–Trinajstić information content (AvgIpc) is 2.42. The topological polar surface area (TPSA) is 60.2 Å². The highest BCUT2D eigenvalue weighted by molar-refractivity contribution is 9.10. The number of aromatic nitrogens is 1. The second-order valence-electron chi connectivity index (χ2n) is 4.61. The Bertz CT molecular complexity index is 665. The van der Waals surface area contributed by atoms with Crippen LogP contribution in [-0.4, -0.2) is 11.1 Å². The third-order valence-electron chi connectivity index (χ3n) is 2.53. The average molecular weight is 391 g/mol. The zero-order valence-corrected chi connectivity index (χ0v) is 14.6. The lowest BCUT2D eigenvalue weighted by molar-refractivity contribution is 0.234.